The van der Waals surface area contributed by atoms with Crippen LogP contribution in [-0.2, 0) is 4.74 Å². The number of hydrogen-bond donors (Lipinski definition) is 1. The second-order valence-corrected chi connectivity index (χ2v) is 5.35. The lowest BCUT2D eigenvalue weighted by Crippen LogP contribution is -2.40. The number of rotatable bonds is 4. The predicted molar refractivity (Wildman–Crippen MR) is 63.4 cm³/mol. The summed E-state index contributed by atoms with van der Waals surface area (Å²) < 4.78 is 6.00. The maximum Gasteiger partial charge on any atom is 0.113 e. The van der Waals surface area contributed by atoms with Gasteiger partial charge in [-0.15, -0.1) is 0 Å². The predicted octanol–water partition coefficient (Wildman–Crippen LogP) is 3.34. The fraction of sp³-hybridized carbons (Fsp3) is 0.545. The summed E-state index contributed by atoms with van der Waals surface area (Å²) in [5.41, 5.74) is 8.27. The molecule has 0 bridgehead atoms. The fourth-order valence-electron chi connectivity index (χ4n) is 1.86. The van der Waals surface area contributed by atoms with Crippen molar-refractivity contribution in [3.8, 4) is 0 Å². The molecule has 1 saturated heterocycles. The lowest BCUT2D eigenvalue weighted by atomic mass is 9.81. The Morgan fingerprint density at radius 3 is 2.88 bits per heavy atom. The third-order valence-corrected chi connectivity index (χ3v) is 3.26. The Bertz CT molecular complexity index is 393. The van der Waals surface area contributed by atoms with E-state index >= 15 is 0 Å². The van der Waals surface area contributed by atoms with E-state index in [9.17, 15) is 0 Å². The van der Waals surface area contributed by atoms with E-state index < -0.39 is 0 Å². The van der Waals surface area contributed by atoms with Gasteiger partial charge in [0.15, 0.2) is 0 Å². The van der Waals surface area contributed by atoms with E-state index in [-0.39, 0.29) is 11.5 Å². The van der Waals surface area contributed by atoms with Crippen molar-refractivity contribution in [2.75, 3.05) is 13.2 Å². The molecular weight excluding hydrogens is 270 g/mol. The molecule has 86 valence electrons. The second kappa shape index (κ2) is 4.59. The summed E-state index contributed by atoms with van der Waals surface area (Å²) in [6.45, 7) is 3.67. The van der Waals surface area contributed by atoms with E-state index in [0.717, 1.165) is 29.9 Å². The van der Waals surface area contributed by atoms with Crippen LogP contribution in [0.3, 0.4) is 0 Å². The zero-order valence-electron chi connectivity index (χ0n) is 9.11. The Kier molecular flexibility index (Phi) is 3.35. The summed E-state index contributed by atoms with van der Waals surface area (Å²) >= 11 is 3.33. The number of hydrogen-bond acceptors (Lipinski definition) is 4. The molecule has 0 aliphatic carbocycles. The minimum absolute atomic E-state index is 0.152. The van der Waals surface area contributed by atoms with Crippen molar-refractivity contribution in [3.63, 3.8) is 0 Å². The fourth-order valence-corrected chi connectivity index (χ4v) is 2.22. The molecule has 1 unspecified atom stereocenters. The van der Waals surface area contributed by atoms with Crippen molar-refractivity contribution in [1.82, 2.24) is 4.98 Å². The van der Waals surface area contributed by atoms with Gasteiger partial charge < -0.3 is 4.74 Å². The minimum Gasteiger partial charge on any atom is -0.380 e. The van der Waals surface area contributed by atoms with Gasteiger partial charge in [0.25, 0.3) is 0 Å². The first-order valence-corrected chi connectivity index (χ1v) is 5.99. The minimum atomic E-state index is -0.161. The summed E-state index contributed by atoms with van der Waals surface area (Å²) in [5.74, 6) is 0. The maximum absolute atomic E-state index is 7.28. The molecule has 0 radical (unpaired) electrons. The van der Waals surface area contributed by atoms with Crippen LogP contribution in [0.4, 0.5) is 0 Å². The summed E-state index contributed by atoms with van der Waals surface area (Å²) in [7, 11) is 0. The van der Waals surface area contributed by atoms with Crippen molar-refractivity contribution in [2.24, 2.45) is 10.5 Å². The van der Waals surface area contributed by atoms with Gasteiger partial charge in [0.2, 0.25) is 0 Å². The Morgan fingerprint density at radius 2 is 2.38 bits per heavy atom. The topological polar surface area (TPSA) is 58.3 Å². The monoisotopic (exact) mass is 283 g/mol. The first-order chi connectivity index (χ1) is 7.63. The lowest BCUT2D eigenvalue weighted by Gasteiger charge is -2.39. The van der Waals surface area contributed by atoms with Crippen molar-refractivity contribution in [2.45, 2.75) is 19.4 Å². The van der Waals surface area contributed by atoms with E-state index in [4.69, 9.17) is 10.3 Å². The van der Waals surface area contributed by atoms with Gasteiger partial charge in [-0.05, 0) is 34.5 Å². The number of ether oxygens (including phenoxy) is 1. The molecule has 0 spiro atoms. The van der Waals surface area contributed by atoms with Gasteiger partial charge >= 0.3 is 0 Å². The Balaban J connectivity index is 2.13. The number of nitrogens with one attached hydrogen (secondary N) is 1. The van der Waals surface area contributed by atoms with Crippen LogP contribution in [0.5, 0.6) is 0 Å². The molecule has 2 heterocycles. The molecule has 16 heavy (non-hydrogen) atoms. The summed E-state index contributed by atoms with van der Waals surface area (Å²) in [6.07, 6.45) is 0.819. The van der Waals surface area contributed by atoms with Crippen LogP contribution in [0.1, 0.15) is 25.1 Å². The average molecular weight is 284 g/mol. The van der Waals surface area contributed by atoms with Crippen molar-refractivity contribution in [1.29, 1.82) is 5.53 Å². The third kappa shape index (κ3) is 2.47. The highest BCUT2D eigenvalue weighted by atomic mass is 79.9. The van der Waals surface area contributed by atoms with Gasteiger partial charge in [0.1, 0.15) is 10.6 Å². The van der Waals surface area contributed by atoms with Crippen molar-refractivity contribution < 1.29 is 4.74 Å². The van der Waals surface area contributed by atoms with Crippen LogP contribution < -0.4 is 0 Å². The normalized spacial score (nSPS) is 19.9. The van der Waals surface area contributed by atoms with E-state index in [1.807, 2.05) is 18.2 Å². The molecular formula is C11H14BrN3O. The van der Waals surface area contributed by atoms with E-state index in [0.29, 0.717) is 0 Å². The Labute approximate surface area is 103 Å². The third-order valence-electron chi connectivity index (χ3n) is 2.82. The van der Waals surface area contributed by atoms with Gasteiger partial charge in [-0.2, -0.15) is 5.11 Å². The highest BCUT2D eigenvalue weighted by Gasteiger charge is 2.36. The Morgan fingerprint density at radius 1 is 1.62 bits per heavy atom. The number of pyridine rings is 1. The number of halogens is 1. The molecule has 1 N–H and O–H groups in total. The molecule has 1 aromatic rings. The molecule has 0 aromatic carbocycles. The average Bonchev–Trinajstić information content (AvgIpc) is 2.23. The van der Waals surface area contributed by atoms with Crippen LogP contribution in [0, 0.1) is 10.9 Å². The first kappa shape index (κ1) is 11.7. The number of aromatic nitrogens is 1. The highest BCUT2D eigenvalue weighted by Crippen LogP contribution is 2.37. The van der Waals surface area contributed by atoms with E-state index in [2.05, 4.69) is 33.0 Å². The van der Waals surface area contributed by atoms with Crippen molar-refractivity contribution >= 4 is 15.9 Å². The molecule has 1 aliphatic rings. The smallest absolute Gasteiger partial charge is 0.113 e. The van der Waals surface area contributed by atoms with Crippen LogP contribution >= 0.6 is 15.9 Å². The van der Waals surface area contributed by atoms with Gasteiger partial charge in [-0.3, -0.25) is 0 Å². The zero-order chi connectivity index (χ0) is 11.6. The lowest BCUT2D eigenvalue weighted by molar-refractivity contribution is -0.109. The molecule has 1 fully saturated rings. The quantitative estimate of drug-likeness (QED) is 0.681. The SMILES string of the molecule is CC1(CC(N=N)c2cccc(Br)n2)COC1. The molecule has 0 amide bonds. The van der Waals surface area contributed by atoms with Crippen LogP contribution in [0.25, 0.3) is 0 Å². The molecule has 0 saturated carbocycles. The first-order valence-electron chi connectivity index (χ1n) is 5.20. The maximum atomic E-state index is 7.28. The summed E-state index contributed by atoms with van der Waals surface area (Å²) in [6, 6.07) is 5.55. The van der Waals surface area contributed by atoms with Crippen LogP contribution in [-0.4, -0.2) is 18.2 Å². The van der Waals surface area contributed by atoms with E-state index in [1.54, 1.807) is 0 Å². The van der Waals surface area contributed by atoms with Crippen LogP contribution in [0.2, 0.25) is 0 Å². The number of nitrogens with zero attached hydrogens (tertiary/aromatic N) is 2. The molecule has 2 rings (SSSR count). The second-order valence-electron chi connectivity index (χ2n) is 4.54. The van der Waals surface area contributed by atoms with Gasteiger partial charge in [0, 0.05) is 5.41 Å². The summed E-state index contributed by atoms with van der Waals surface area (Å²) in [5, 5.41) is 3.68. The standard InChI is InChI=1S/C11H14BrN3O/c1-11(6-16-7-11)5-9(15-13)8-3-2-4-10(12)14-8/h2-4,9,13H,5-7H2,1H3. The molecule has 5 heteroatoms. The largest absolute Gasteiger partial charge is 0.380 e. The van der Waals surface area contributed by atoms with Gasteiger partial charge in [-0.1, -0.05) is 13.0 Å². The van der Waals surface area contributed by atoms with Crippen LogP contribution in [0.15, 0.2) is 27.9 Å². The molecule has 1 aliphatic heterocycles. The molecule has 1 aromatic heterocycles. The zero-order valence-corrected chi connectivity index (χ0v) is 10.7. The summed E-state index contributed by atoms with van der Waals surface area (Å²) in [4.78, 5) is 4.35. The Hall–Kier alpha value is -0.810. The van der Waals surface area contributed by atoms with Gasteiger partial charge in [0.05, 0.1) is 18.9 Å². The molecule has 1 atom stereocenters. The highest BCUT2D eigenvalue weighted by molar-refractivity contribution is 9.10. The van der Waals surface area contributed by atoms with Gasteiger partial charge in [-0.25, -0.2) is 10.5 Å². The molecule has 4 nitrogen and oxygen atoms in total. The van der Waals surface area contributed by atoms with E-state index in [1.165, 1.54) is 0 Å². The van der Waals surface area contributed by atoms with Crippen molar-refractivity contribution in [3.05, 3.63) is 28.5 Å².